The number of hydrogen-bond donors (Lipinski definition) is 0. The Bertz CT molecular complexity index is 304. The number of alkyl halides is 5. The summed E-state index contributed by atoms with van der Waals surface area (Å²) >= 11 is 0. The van der Waals surface area contributed by atoms with Crippen LogP contribution in [0.4, 0.5) is 34.9 Å². The van der Waals surface area contributed by atoms with Crippen LogP contribution in [0.15, 0.2) is 0 Å². The van der Waals surface area contributed by atoms with Gasteiger partial charge in [0.05, 0.1) is 26.7 Å². The lowest BCUT2D eigenvalue weighted by atomic mass is 9.80. The van der Waals surface area contributed by atoms with Gasteiger partial charge >= 0.3 is 19.0 Å². The zero-order valence-corrected chi connectivity index (χ0v) is 12.7. The van der Waals surface area contributed by atoms with Crippen LogP contribution >= 0.6 is 0 Å². The van der Waals surface area contributed by atoms with Gasteiger partial charge < -0.3 is 17.4 Å². The summed E-state index contributed by atoms with van der Waals surface area (Å²) in [6.45, 7) is -0.634. The quantitative estimate of drug-likeness (QED) is 0.286. The van der Waals surface area contributed by atoms with Crippen molar-refractivity contribution < 1.29 is 39.4 Å². The first-order valence-corrected chi connectivity index (χ1v) is 7.24. The highest BCUT2D eigenvalue weighted by molar-refractivity contribution is 6.61. The highest BCUT2D eigenvalue weighted by atomic mass is 19.4. The fraction of sp³-hybridized carbons (Fsp3) is 1.00. The summed E-state index contributed by atoms with van der Waals surface area (Å²) in [4.78, 5) is 0. The van der Waals surface area contributed by atoms with E-state index in [9.17, 15) is 34.9 Å². The second-order valence-electron chi connectivity index (χ2n) is 5.90. The van der Waals surface area contributed by atoms with E-state index in [0.29, 0.717) is 0 Å². The molecule has 0 bridgehead atoms. The molecule has 10 heteroatoms. The first kappa shape index (κ1) is 21.5. The van der Waals surface area contributed by atoms with E-state index in [0.717, 1.165) is 0 Å². The molecular formula is C12H22BF8N. The number of likely N-dealkylation sites (tertiary alicyclic amines) is 1. The fourth-order valence-corrected chi connectivity index (χ4v) is 2.25. The number of halogens is 8. The van der Waals surface area contributed by atoms with Crippen molar-refractivity contribution in [3.05, 3.63) is 0 Å². The van der Waals surface area contributed by atoms with E-state index in [-0.39, 0.29) is 0 Å². The Morgan fingerprint density at radius 3 is 1.64 bits per heavy atom. The molecule has 0 N–H and O–H groups in total. The molecule has 0 aromatic rings. The predicted octanol–water partition coefficient (Wildman–Crippen LogP) is 4.99. The molecule has 0 amide bonds. The standard InChI is InChI=1S/C10H22N.C2BF8/c1-3-4-5-8-11(2)9-6-7-10-11;4-1(5,2(6,7)8)3(9,10)11/h3-10H2,1-2H3;/q+1;-1. The normalized spacial score (nSPS) is 18.8. The minimum atomic E-state index is -7.21. The molecule has 1 aliphatic rings. The maximum absolute atomic E-state index is 11.2. The predicted molar refractivity (Wildman–Crippen MR) is 69.6 cm³/mol. The van der Waals surface area contributed by atoms with Crippen LogP contribution in [0, 0.1) is 0 Å². The Hall–Kier alpha value is -0.535. The van der Waals surface area contributed by atoms with Crippen LogP contribution in [0.3, 0.4) is 0 Å². The molecule has 0 unspecified atom stereocenters. The zero-order valence-electron chi connectivity index (χ0n) is 12.7. The lowest BCUT2D eigenvalue weighted by Crippen LogP contribution is -2.53. The van der Waals surface area contributed by atoms with E-state index in [2.05, 4.69) is 14.0 Å². The minimum Gasteiger partial charge on any atom is -0.445 e. The molecule has 1 heterocycles. The smallest absolute Gasteiger partial charge is 0.445 e. The van der Waals surface area contributed by atoms with E-state index >= 15 is 0 Å². The van der Waals surface area contributed by atoms with Gasteiger partial charge in [-0.2, -0.15) is 13.2 Å². The van der Waals surface area contributed by atoms with Crippen molar-refractivity contribution in [3.63, 3.8) is 0 Å². The minimum absolute atomic E-state index is 1.36. The second-order valence-corrected chi connectivity index (χ2v) is 5.90. The first-order valence-electron chi connectivity index (χ1n) is 7.24. The molecule has 22 heavy (non-hydrogen) atoms. The third-order valence-electron chi connectivity index (χ3n) is 3.74. The summed E-state index contributed by atoms with van der Waals surface area (Å²) in [7, 11) is 2.42. The third-order valence-corrected chi connectivity index (χ3v) is 3.74. The molecule has 0 spiro atoms. The van der Waals surface area contributed by atoms with Crippen molar-refractivity contribution in [1.29, 1.82) is 0 Å². The van der Waals surface area contributed by atoms with E-state index in [1.165, 1.54) is 56.2 Å². The second kappa shape index (κ2) is 7.83. The van der Waals surface area contributed by atoms with Gasteiger partial charge in [0.2, 0.25) is 0 Å². The molecule has 1 rings (SSSR count). The van der Waals surface area contributed by atoms with Gasteiger partial charge in [0.25, 0.3) is 0 Å². The van der Waals surface area contributed by atoms with Crippen LogP contribution in [0.2, 0.25) is 0 Å². The molecule has 1 aliphatic heterocycles. The topological polar surface area (TPSA) is 0 Å². The summed E-state index contributed by atoms with van der Waals surface area (Å²) in [6, 6.07) is 0. The lowest BCUT2D eigenvalue weighted by Gasteiger charge is -2.28. The summed E-state index contributed by atoms with van der Waals surface area (Å²) < 4.78 is 89.2. The van der Waals surface area contributed by atoms with Crippen molar-refractivity contribution in [2.45, 2.75) is 51.0 Å². The molecular weight excluding hydrogens is 321 g/mol. The Kier molecular flexibility index (Phi) is 7.64. The number of hydrogen-bond acceptors (Lipinski definition) is 0. The number of nitrogens with zero attached hydrogens (tertiary/aromatic N) is 1. The van der Waals surface area contributed by atoms with Gasteiger partial charge in [0, 0.05) is 12.8 Å². The Morgan fingerprint density at radius 1 is 0.909 bits per heavy atom. The molecule has 1 fully saturated rings. The van der Waals surface area contributed by atoms with Crippen LogP contribution < -0.4 is 0 Å². The van der Waals surface area contributed by atoms with Crippen LogP contribution in [-0.4, -0.2) is 50.1 Å². The summed E-state index contributed by atoms with van der Waals surface area (Å²) in [5, 5.41) is 0. The maximum atomic E-state index is 11.2. The fourth-order valence-electron chi connectivity index (χ4n) is 2.25. The van der Waals surface area contributed by atoms with Gasteiger partial charge in [-0.25, -0.2) is 8.78 Å². The van der Waals surface area contributed by atoms with Crippen molar-refractivity contribution >= 4 is 6.98 Å². The van der Waals surface area contributed by atoms with E-state index in [1.54, 1.807) is 0 Å². The maximum Gasteiger partial charge on any atom is 0.558 e. The monoisotopic (exact) mass is 343 g/mol. The van der Waals surface area contributed by atoms with Gasteiger partial charge in [-0.1, -0.05) is 13.3 Å². The summed E-state index contributed by atoms with van der Waals surface area (Å²) in [5.41, 5.74) is 0. The third kappa shape index (κ3) is 6.30. The van der Waals surface area contributed by atoms with E-state index in [4.69, 9.17) is 0 Å². The Labute approximate surface area is 125 Å². The van der Waals surface area contributed by atoms with Crippen LogP contribution in [0.5, 0.6) is 0 Å². The highest BCUT2D eigenvalue weighted by Crippen LogP contribution is 2.43. The molecule has 0 aromatic carbocycles. The average Bonchev–Trinajstić information content (AvgIpc) is 2.75. The van der Waals surface area contributed by atoms with Gasteiger partial charge in [-0.3, -0.25) is 0 Å². The van der Waals surface area contributed by atoms with Gasteiger partial charge in [0.15, 0.2) is 0 Å². The lowest BCUT2D eigenvalue weighted by molar-refractivity contribution is -0.897. The number of unbranched alkanes of at least 4 members (excludes halogenated alkanes) is 2. The molecule has 1 nitrogen and oxygen atoms in total. The summed E-state index contributed by atoms with van der Waals surface area (Å²) in [6.07, 6.45) is 0.595. The molecule has 0 atom stereocenters. The van der Waals surface area contributed by atoms with Crippen molar-refractivity contribution in [1.82, 2.24) is 0 Å². The first-order chi connectivity index (χ1) is 9.77. The molecule has 0 aromatic heterocycles. The molecule has 0 radical (unpaired) electrons. The van der Waals surface area contributed by atoms with E-state index < -0.39 is 19.0 Å². The van der Waals surface area contributed by atoms with Crippen LogP contribution in [-0.2, 0) is 0 Å². The highest BCUT2D eigenvalue weighted by Gasteiger charge is 2.69. The largest absolute Gasteiger partial charge is 0.558 e. The van der Waals surface area contributed by atoms with Crippen LogP contribution in [0.1, 0.15) is 39.0 Å². The van der Waals surface area contributed by atoms with Crippen molar-refractivity contribution in [2.75, 3.05) is 26.7 Å². The molecule has 134 valence electrons. The van der Waals surface area contributed by atoms with E-state index in [1.807, 2.05) is 0 Å². The Morgan fingerprint density at radius 2 is 1.36 bits per heavy atom. The average molecular weight is 343 g/mol. The number of quaternary nitrogens is 1. The van der Waals surface area contributed by atoms with Crippen LogP contribution in [0.25, 0.3) is 0 Å². The number of rotatable bonds is 5. The Balaban J connectivity index is 0.000000401. The van der Waals surface area contributed by atoms with Gasteiger partial charge in [-0.05, 0) is 12.8 Å². The van der Waals surface area contributed by atoms with Crippen molar-refractivity contribution in [2.24, 2.45) is 0 Å². The molecule has 1 saturated heterocycles. The molecule has 0 saturated carbocycles. The van der Waals surface area contributed by atoms with Gasteiger partial charge in [-0.15, -0.1) is 0 Å². The van der Waals surface area contributed by atoms with Crippen molar-refractivity contribution in [3.8, 4) is 0 Å². The van der Waals surface area contributed by atoms with Gasteiger partial charge in [0.1, 0.15) is 0 Å². The molecule has 0 aliphatic carbocycles. The zero-order chi connectivity index (χ0) is 17.7. The SMILES string of the molecule is CCCCC[N+]1(C)CCCC1.F[B-](F)(F)C(F)(F)C(F)(F)F. The summed E-state index contributed by atoms with van der Waals surface area (Å²) in [5.74, 6) is -6.56.